The first-order chi connectivity index (χ1) is 9.81. The minimum atomic E-state index is -0.890. The maximum Gasteiger partial charge on any atom is 0.511 e. The third-order valence-corrected chi connectivity index (χ3v) is 2.84. The van der Waals surface area contributed by atoms with E-state index >= 15 is 0 Å². The van der Waals surface area contributed by atoms with Gasteiger partial charge < -0.3 is 24.6 Å². The number of hydrogen-bond acceptors (Lipinski definition) is 7. The number of carbonyl (C=O) groups is 1. The molecule has 1 aliphatic rings. The number of nitrogens with zero attached hydrogens (tertiary/aromatic N) is 3. The van der Waals surface area contributed by atoms with Crippen LogP contribution < -0.4 is 0 Å². The van der Waals surface area contributed by atoms with Crippen LogP contribution in [0.25, 0.3) is 0 Å². The first-order valence-electron chi connectivity index (χ1n) is 6.83. The number of aliphatic hydroxyl groups excluding tert-OH is 1. The van der Waals surface area contributed by atoms with E-state index in [1.54, 1.807) is 20.8 Å². The van der Waals surface area contributed by atoms with E-state index in [1.165, 1.54) is 5.01 Å². The van der Waals surface area contributed by atoms with Gasteiger partial charge in [0, 0.05) is 6.61 Å². The van der Waals surface area contributed by atoms with E-state index in [0.717, 1.165) is 12.8 Å². The average molecular weight is 305 g/mol. The molecule has 1 heterocycles. The van der Waals surface area contributed by atoms with Crippen LogP contribution in [0.2, 0.25) is 0 Å². The van der Waals surface area contributed by atoms with Gasteiger partial charge in [-0.05, 0) is 39.5 Å². The zero-order chi connectivity index (χ0) is 15.9. The zero-order valence-electron chi connectivity index (χ0n) is 12.7. The lowest BCUT2D eigenvalue weighted by Crippen LogP contribution is -2.39. The summed E-state index contributed by atoms with van der Waals surface area (Å²) in [5, 5.41) is 25.3. The molecule has 1 N–H and O–H groups in total. The molecule has 0 atom stereocenters. The van der Waals surface area contributed by atoms with Crippen LogP contribution in [-0.2, 0) is 14.3 Å². The number of aliphatic hydroxyl groups is 1. The second-order valence-electron chi connectivity index (χ2n) is 5.77. The molecule has 0 amide bonds. The van der Waals surface area contributed by atoms with Crippen LogP contribution in [0.5, 0.6) is 0 Å². The van der Waals surface area contributed by atoms with Gasteiger partial charge in [0.2, 0.25) is 5.28 Å². The summed E-state index contributed by atoms with van der Waals surface area (Å²) < 4.78 is 9.47. The largest absolute Gasteiger partial charge is 0.569 e. The summed E-state index contributed by atoms with van der Waals surface area (Å²) >= 11 is 0. The second-order valence-corrected chi connectivity index (χ2v) is 5.77. The molecule has 0 spiro atoms. The molecular formula is C12H23N3O6. The van der Waals surface area contributed by atoms with Crippen molar-refractivity contribution in [1.82, 2.24) is 5.01 Å². The molecule has 0 aliphatic carbocycles. The Morgan fingerprint density at radius 1 is 1.43 bits per heavy atom. The number of ether oxygens (including phenoxy) is 2. The Balaban J connectivity index is 2.23. The Morgan fingerprint density at radius 3 is 2.57 bits per heavy atom. The van der Waals surface area contributed by atoms with Crippen molar-refractivity contribution >= 4 is 6.16 Å². The van der Waals surface area contributed by atoms with Gasteiger partial charge in [0.05, 0.1) is 18.1 Å². The van der Waals surface area contributed by atoms with Crippen molar-refractivity contribution in [3.05, 3.63) is 5.21 Å². The Bertz CT molecular complexity index is 360. The normalized spacial score (nSPS) is 17.5. The minimum Gasteiger partial charge on any atom is -0.569 e. The highest BCUT2D eigenvalue weighted by molar-refractivity contribution is 5.60. The Hall–Kier alpha value is -1.77. The lowest BCUT2D eigenvalue weighted by Gasteiger charge is -2.26. The van der Waals surface area contributed by atoms with Gasteiger partial charge in [-0.25, -0.2) is 4.79 Å². The molecule has 9 nitrogen and oxygen atoms in total. The molecular weight excluding hydrogens is 282 g/mol. The Labute approximate surface area is 123 Å². The lowest BCUT2D eigenvalue weighted by atomic mass is 9.99. The summed E-state index contributed by atoms with van der Waals surface area (Å²) in [4.78, 5) is 16.1. The SMILES string of the molecule is CC(C)(C)OC(=O)OCON=[N+]([O-])N1CCC(CO)CC1. The van der Waals surface area contributed by atoms with E-state index in [4.69, 9.17) is 9.84 Å². The molecule has 21 heavy (non-hydrogen) atoms. The maximum atomic E-state index is 11.6. The van der Waals surface area contributed by atoms with Crippen molar-refractivity contribution in [2.75, 3.05) is 26.5 Å². The maximum absolute atomic E-state index is 11.6. The van der Waals surface area contributed by atoms with Gasteiger partial charge in [0.1, 0.15) is 5.60 Å². The minimum absolute atomic E-state index is 0.129. The molecule has 122 valence electrons. The van der Waals surface area contributed by atoms with Crippen LogP contribution in [-0.4, -0.2) is 53.3 Å². The summed E-state index contributed by atoms with van der Waals surface area (Å²) in [7, 11) is 0. The first-order valence-corrected chi connectivity index (χ1v) is 6.83. The van der Waals surface area contributed by atoms with Gasteiger partial charge in [-0.3, -0.25) is 0 Å². The highest BCUT2D eigenvalue weighted by atomic mass is 16.8. The fraction of sp³-hybridized carbons (Fsp3) is 0.917. The predicted molar refractivity (Wildman–Crippen MR) is 70.7 cm³/mol. The van der Waals surface area contributed by atoms with Crippen molar-refractivity contribution < 1.29 is 29.2 Å². The summed E-state index contributed by atoms with van der Waals surface area (Å²) in [5.74, 6) is 0.228. The van der Waals surface area contributed by atoms with Crippen LogP contribution in [0.3, 0.4) is 0 Å². The summed E-state index contributed by atoms with van der Waals surface area (Å²) in [6, 6.07) is 0. The number of hydrogen-bond donors (Lipinski definition) is 1. The predicted octanol–water partition coefficient (Wildman–Crippen LogP) is 1.41. The third-order valence-electron chi connectivity index (χ3n) is 2.84. The van der Waals surface area contributed by atoms with E-state index in [9.17, 15) is 10.0 Å². The van der Waals surface area contributed by atoms with Crippen LogP contribution in [0.4, 0.5) is 4.79 Å². The smallest absolute Gasteiger partial charge is 0.511 e. The van der Waals surface area contributed by atoms with Crippen LogP contribution >= 0.6 is 0 Å². The number of piperidine rings is 1. The van der Waals surface area contributed by atoms with E-state index in [2.05, 4.69) is 14.9 Å². The number of hydrazine groups is 1. The molecule has 0 aromatic heterocycles. The number of carbonyl (C=O) groups excluding carboxylic acids is 1. The monoisotopic (exact) mass is 305 g/mol. The highest BCUT2D eigenvalue weighted by Crippen LogP contribution is 2.16. The van der Waals surface area contributed by atoms with Gasteiger partial charge in [0.15, 0.2) is 0 Å². The average Bonchev–Trinajstić information content (AvgIpc) is 2.41. The first kappa shape index (κ1) is 17.3. The van der Waals surface area contributed by atoms with Crippen molar-refractivity contribution in [1.29, 1.82) is 0 Å². The summed E-state index contributed by atoms with van der Waals surface area (Å²) in [5.41, 5.74) is -0.657. The quantitative estimate of drug-likeness (QED) is 0.204. The molecule has 0 saturated carbocycles. The molecule has 1 saturated heterocycles. The van der Waals surface area contributed by atoms with Gasteiger partial charge >= 0.3 is 6.16 Å². The topological polar surface area (TPSA) is 107 Å². The van der Waals surface area contributed by atoms with Crippen molar-refractivity contribution in [3.8, 4) is 0 Å². The molecule has 0 unspecified atom stereocenters. The number of rotatable bonds is 5. The summed E-state index contributed by atoms with van der Waals surface area (Å²) in [6.07, 6.45) is 0.553. The molecule has 1 rings (SSSR count). The molecule has 9 heteroatoms. The lowest BCUT2D eigenvalue weighted by molar-refractivity contribution is -0.714. The van der Waals surface area contributed by atoms with Crippen LogP contribution in [0.15, 0.2) is 5.28 Å². The van der Waals surface area contributed by atoms with Crippen LogP contribution in [0, 0.1) is 11.1 Å². The van der Waals surface area contributed by atoms with E-state index in [0.29, 0.717) is 18.1 Å². The van der Waals surface area contributed by atoms with Gasteiger partial charge in [0.25, 0.3) is 6.79 Å². The van der Waals surface area contributed by atoms with Crippen molar-refractivity contribution in [2.24, 2.45) is 11.2 Å². The molecule has 0 aromatic carbocycles. The van der Waals surface area contributed by atoms with Gasteiger partial charge in [-0.2, -0.15) is 0 Å². The van der Waals surface area contributed by atoms with Gasteiger partial charge in [-0.15, -0.1) is 5.01 Å². The van der Waals surface area contributed by atoms with Crippen LogP contribution in [0.1, 0.15) is 33.6 Å². The molecule has 0 aromatic rings. The van der Waals surface area contributed by atoms with E-state index in [-0.39, 0.29) is 12.5 Å². The summed E-state index contributed by atoms with van der Waals surface area (Å²) in [6.45, 7) is 5.73. The fourth-order valence-corrected chi connectivity index (χ4v) is 1.75. The Kier molecular flexibility index (Phi) is 6.47. The van der Waals surface area contributed by atoms with E-state index < -0.39 is 18.5 Å². The standard InChI is InChI=1S/C12H23N3O6/c1-12(2,3)21-11(17)19-9-20-13-15(18)14-6-4-10(8-16)5-7-14/h10,16H,4-9H2,1-3H3. The van der Waals surface area contributed by atoms with Gasteiger partial charge in [-0.1, -0.05) is 0 Å². The van der Waals surface area contributed by atoms with Crippen molar-refractivity contribution in [2.45, 2.75) is 39.2 Å². The van der Waals surface area contributed by atoms with E-state index in [1.807, 2.05) is 0 Å². The Morgan fingerprint density at radius 2 is 2.05 bits per heavy atom. The third kappa shape index (κ3) is 6.98. The molecule has 1 aliphatic heterocycles. The molecule has 1 fully saturated rings. The van der Waals surface area contributed by atoms with Crippen molar-refractivity contribution in [3.63, 3.8) is 0 Å². The zero-order valence-corrected chi connectivity index (χ0v) is 12.7. The highest BCUT2D eigenvalue weighted by Gasteiger charge is 2.23. The molecule has 0 radical (unpaired) electrons. The second kappa shape index (κ2) is 7.87. The fourth-order valence-electron chi connectivity index (χ4n) is 1.75. The molecule has 0 bridgehead atoms.